The second kappa shape index (κ2) is 4.18. The fourth-order valence-corrected chi connectivity index (χ4v) is 3.66. The van der Waals surface area contributed by atoms with Gasteiger partial charge in [-0.3, -0.25) is 4.79 Å². The number of ketones is 1. The van der Waals surface area contributed by atoms with Crippen LogP contribution in [-0.2, 0) is 4.79 Å². The Balaban J connectivity index is 2.03. The molecular formula is C13H13Cl2NO. The van der Waals surface area contributed by atoms with Gasteiger partial charge in [0.25, 0.3) is 0 Å². The quantitative estimate of drug-likeness (QED) is 0.775. The molecule has 0 aromatic heterocycles. The molecule has 2 heterocycles. The molecule has 0 saturated carbocycles. The molecule has 2 nitrogen and oxygen atoms in total. The lowest BCUT2D eigenvalue weighted by molar-refractivity contribution is -0.120. The van der Waals surface area contributed by atoms with Gasteiger partial charge in [0.2, 0.25) is 0 Å². The highest BCUT2D eigenvalue weighted by Gasteiger charge is 2.41. The molecule has 90 valence electrons. The lowest BCUT2D eigenvalue weighted by Gasteiger charge is -2.37. The van der Waals surface area contributed by atoms with Crippen molar-refractivity contribution in [1.29, 1.82) is 0 Å². The lowest BCUT2D eigenvalue weighted by atomic mass is 10.0. The molecule has 17 heavy (non-hydrogen) atoms. The van der Waals surface area contributed by atoms with Gasteiger partial charge in [0, 0.05) is 24.9 Å². The third-order valence-corrected chi connectivity index (χ3v) is 4.35. The number of anilines is 1. The number of rotatable bonds is 1. The predicted molar refractivity (Wildman–Crippen MR) is 70.0 cm³/mol. The van der Waals surface area contributed by atoms with Crippen LogP contribution in [0.15, 0.2) is 18.2 Å². The Morgan fingerprint density at radius 1 is 1.06 bits per heavy atom. The minimum absolute atomic E-state index is 0.290. The zero-order valence-corrected chi connectivity index (χ0v) is 10.8. The Morgan fingerprint density at radius 3 is 2.12 bits per heavy atom. The molecule has 0 amide bonds. The Morgan fingerprint density at radius 2 is 1.59 bits per heavy atom. The van der Waals surface area contributed by atoms with Crippen LogP contribution >= 0.6 is 23.2 Å². The van der Waals surface area contributed by atoms with Crippen molar-refractivity contribution in [3.63, 3.8) is 0 Å². The van der Waals surface area contributed by atoms with E-state index in [9.17, 15) is 4.79 Å². The number of carbonyl (C=O) groups is 1. The van der Waals surface area contributed by atoms with Crippen molar-refractivity contribution in [2.24, 2.45) is 0 Å². The standard InChI is InChI=1S/C13H13Cl2NO/c14-11-2-1-3-12(15)13(11)16-8-4-5-9(16)7-10(17)6-8/h1-3,8-9H,4-7H2. The highest BCUT2D eigenvalue weighted by molar-refractivity contribution is 6.39. The summed E-state index contributed by atoms with van der Waals surface area (Å²) < 4.78 is 0. The smallest absolute Gasteiger partial charge is 0.137 e. The molecule has 2 fully saturated rings. The molecule has 0 radical (unpaired) electrons. The third-order valence-electron chi connectivity index (χ3n) is 3.74. The molecule has 2 aliphatic heterocycles. The molecule has 2 bridgehead atoms. The van der Waals surface area contributed by atoms with Crippen molar-refractivity contribution in [2.45, 2.75) is 37.8 Å². The van der Waals surface area contributed by atoms with Crippen LogP contribution in [0.5, 0.6) is 0 Å². The summed E-state index contributed by atoms with van der Waals surface area (Å²) in [5.41, 5.74) is 0.913. The molecule has 2 saturated heterocycles. The fraction of sp³-hybridized carbons (Fsp3) is 0.462. The number of hydrogen-bond donors (Lipinski definition) is 0. The topological polar surface area (TPSA) is 20.3 Å². The summed E-state index contributed by atoms with van der Waals surface area (Å²) >= 11 is 12.5. The summed E-state index contributed by atoms with van der Waals surface area (Å²) in [7, 11) is 0. The van der Waals surface area contributed by atoms with Crippen LogP contribution in [0.1, 0.15) is 25.7 Å². The van der Waals surface area contributed by atoms with Crippen LogP contribution in [0.3, 0.4) is 0 Å². The normalized spacial score (nSPS) is 27.6. The van der Waals surface area contributed by atoms with Crippen molar-refractivity contribution in [1.82, 2.24) is 0 Å². The average molecular weight is 270 g/mol. The van der Waals surface area contributed by atoms with E-state index in [1.54, 1.807) is 0 Å². The van der Waals surface area contributed by atoms with Crippen LogP contribution in [0.25, 0.3) is 0 Å². The van der Waals surface area contributed by atoms with E-state index in [0.29, 0.717) is 40.8 Å². The third kappa shape index (κ3) is 1.84. The first kappa shape index (κ1) is 11.4. The number of nitrogens with zero attached hydrogens (tertiary/aromatic N) is 1. The van der Waals surface area contributed by atoms with Crippen molar-refractivity contribution in [3.8, 4) is 0 Å². The summed E-state index contributed by atoms with van der Waals surface area (Å²) in [5, 5.41) is 1.37. The van der Waals surface area contributed by atoms with E-state index in [4.69, 9.17) is 23.2 Å². The van der Waals surface area contributed by atoms with Gasteiger partial charge in [0.1, 0.15) is 5.78 Å². The maximum absolute atomic E-state index is 11.6. The maximum Gasteiger partial charge on any atom is 0.137 e. The second-order valence-corrected chi connectivity index (χ2v) is 5.62. The van der Waals surface area contributed by atoms with E-state index in [1.165, 1.54) is 0 Å². The molecule has 0 N–H and O–H groups in total. The van der Waals surface area contributed by atoms with E-state index >= 15 is 0 Å². The highest BCUT2D eigenvalue weighted by atomic mass is 35.5. The van der Waals surface area contributed by atoms with Gasteiger partial charge in [-0.15, -0.1) is 0 Å². The first-order valence-corrected chi connectivity index (χ1v) is 6.66. The van der Waals surface area contributed by atoms with Gasteiger partial charge in [0.15, 0.2) is 0 Å². The number of halogens is 2. The SMILES string of the molecule is O=C1CC2CCC(C1)N2c1c(Cl)cccc1Cl. The van der Waals surface area contributed by atoms with E-state index in [2.05, 4.69) is 4.90 Å². The van der Waals surface area contributed by atoms with Gasteiger partial charge in [-0.1, -0.05) is 29.3 Å². The van der Waals surface area contributed by atoms with E-state index in [0.717, 1.165) is 18.5 Å². The van der Waals surface area contributed by atoms with Gasteiger partial charge in [-0.2, -0.15) is 0 Å². The number of Topliss-reactive ketones (excluding diaryl/α,β-unsaturated/α-hetero) is 1. The number of fused-ring (bicyclic) bond motifs is 2. The largest absolute Gasteiger partial charge is 0.362 e. The minimum atomic E-state index is 0.290. The van der Waals surface area contributed by atoms with Gasteiger partial charge in [0.05, 0.1) is 15.7 Å². The Hall–Kier alpha value is -0.730. The first-order chi connectivity index (χ1) is 8.16. The molecular weight excluding hydrogens is 257 g/mol. The van der Waals surface area contributed by atoms with Crippen molar-refractivity contribution in [2.75, 3.05) is 4.90 Å². The summed E-state index contributed by atoms with van der Waals surface area (Å²) in [6.07, 6.45) is 3.41. The van der Waals surface area contributed by atoms with Crippen molar-refractivity contribution < 1.29 is 4.79 Å². The van der Waals surface area contributed by atoms with Crippen LogP contribution < -0.4 is 4.90 Å². The Labute approximate surface area is 111 Å². The molecule has 2 aliphatic rings. The average Bonchev–Trinajstić information content (AvgIpc) is 2.54. The summed E-state index contributed by atoms with van der Waals surface area (Å²) in [4.78, 5) is 13.8. The molecule has 4 heteroatoms. The summed E-state index contributed by atoms with van der Waals surface area (Å²) in [6.45, 7) is 0. The van der Waals surface area contributed by atoms with E-state index < -0.39 is 0 Å². The number of benzene rings is 1. The minimum Gasteiger partial charge on any atom is -0.362 e. The summed E-state index contributed by atoms with van der Waals surface area (Å²) in [5.74, 6) is 0.372. The Bertz CT molecular complexity index is 438. The zero-order chi connectivity index (χ0) is 12.0. The van der Waals surface area contributed by atoms with Crippen molar-refractivity contribution >= 4 is 34.7 Å². The number of para-hydroxylation sites is 1. The molecule has 0 aliphatic carbocycles. The van der Waals surface area contributed by atoms with Crippen LogP contribution in [0.4, 0.5) is 5.69 Å². The lowest BCUT2D eigenvalue weighted by Crippen LogP contribution is -2.43. The maximum atomic E-state index is 11.6. The first-order valence-electron chi connectivity index (χ1n) is 5.91. The Kier molecular flexibility index (Phi) is 2.80. The van der Waals surface area contributed by atoms with Gasteiger partial charge in [-0.05, 0) is 25.0 Å². The van der Waals surface area contributed by atoms with E-state index in [1.807, 2.05) is 18.2 Å². The highest BCUT2D eigenvalue weighted by Crippen LogP contribution is 2.44. The van der Waals surface area contributed by atoms with E-state index in [-0.39, 0.29) is 0 Å². The van der Waals surface area contributed by atoms with Gasteiger partial charge >= 0.3 is 0 Å². The van der Waals surface area contributed by atoms with Crippen molar-refractivity contribution in [3.05, 3.63) is 28.2 Å². The van der Waals surface area contributed by atoms with Crippen LogP contribution in [0.2, 0.25) is 10.0 Å². The number of carbonyl (C=O) groups excluding carboxylic acids is 1. The monoisotopic (exact) mass is 269 g/mol. The molecule has 1 aromatic carbocycles. The molecule has 1 aromatic rings. The summed E-state index contributed by atoms with van der Waals surface area (Å²) in [6, 6.07) is 6.15. The fourth-order valence-electron chi connectivity index (χ4n) is 3.07. The van der Waals surface area contributed by atoms with Crippen LogP contribution in [0, 0.1) is 0 Å². The van der Waals surface area contributed by atoms with Gasteiger partial charge < -0.3 is 4.90 Å². The molecule has 0 spiro atoms. The number of piperidine rings is 1. The molecule has 2 unspecified atom stereocenters. The number of hydrogen-bond acceptors (Lipinski definition) is 2. The zero-order valence-electron chi connectivity index (χ0n) is 9.33. The second-order valence-electron chi connectivity index (χ2n) is 4.81. The predicted octanol–water partition coefficient (Wildman–Crippen LogP) is 3.69. The molecule has 2 atom stereocenters. The molecule has 3 rings (SSSR count). The van der Waals surface area contributed by atoms with Crippen LogP contribution in [-0.4, -0.2) is 17.9 Å². The van der Waals surface area contributed by atoms with Gasteiger partial charge in [-0.25, -0.2) is 0 Å².